The molecule has 1 rings (SSSR count). The van der Waals surface area contributed by atoms with E-state index in [1.807, 2.05) is 0 Å². The Labute approximate surface area is 106 Å². The molecule has 7 heteroatoms. The van der Waals surface area contributed by atoms with Gasteiger partial charge in [-0.05, 0) is 19.9 Å². The molecule has 0 bridgehead atoms. The van der Waals surface area contributed by atoms with Crippen LogP contribution in [0.2, 0.25) is 0 Å². The second kappa shape index (κ2) is 4.93. The van der Waals surface area contributed by atoms with Gasteiger partial charge < -0.3 is 10.8 Å². The Balaban J connectivity index is 3.03. The van der Waals surface area contributed by atoms with E-state index in [2.05, 4.69) is 0 Å². The molecular weight excluding hydrogens is 260 g/mol. The first-order chi connectivity index (χ1) is 7.66. The number of hydrogen-bond donors (Lipinski definition) is 2. The van der Waals surface area contributed by atoms with Crippen molar-refractivity contribution in [1.29, 1.82) is 0 Å². The van der Waals surface area contributed by atoms with E-state index in [4.69, 9.17) is 5.73 Å². The number of rotatable bonds is 5. The zero-order valence-corrected chi connectivity index (χ0v) is 11.8. The van der Waals surface area contributed by atoms with Gasteiger partial charge in [-0.1, -0.05) is 6.92 Å². The molecule has 0 atom stereocenters. The molecule has 1 aromatic heterocycles. The first kappa shape index (κ1) is 14.4. The fraction of sp³-hybridized carbons (Fsp3) is 0.600. The van der Waals surface area contributed by atoms with E-state index < -0.39 is 15.6 Å². The molecule has 3 N–H and O–H groups in total. The van der Waals surface area contributed by atoms with Crippen LogP contribution in [0.4, 0.5) is 5.69 Å². The number of aliphatic hydroxyl groups is 1. The molecule has 0 saturated carbocycles. The summed E-state index contributed by atoms with van der Waals surface area (Å²) in [6.07, 6.45) is 0. The Morgan fingerprint density at radius 2 is 2.12 bits per heavy atom. The highest BCUT2D eigenvalue weighted by molar-refractivity contribution is 7.91. The minimum Gasteiger partial charge on any atom is -0.398 e. The Morgan fingerprint density at radius 1 is 1.53 bits per heavy atom. The molecule has 0 unspecified atom stereocenters. The lowest BCUT2D eigenvalue weighted by atomic mass is 10.1. The number of nitrogens with two attached hydrogens (primary N) is 1. The quantitative estimate of drug-likeness (QED) is 0.845. The highest BCUT2D eigenvalue weighted by Gasteiger charge is 2.29. The zero-order chi connectivity index (χ0) is 13.3. The van der Waals surface area contributed by atoms with Gasteiger partial charge in [0.15, 0.2) is 0 Å². The maximum atomic E-state index is 12.2. The van der Waals surface area contributed by atoms with Gasteiger partial charge in [0.05, 0.1) is 5.60 Å². The van der Waals surface area contributed by atoms with Gasteiger partial charge in [0.2, 0.25) is 0 Å². The van der Waals surface area contributed by atoms with Crippen LogP contribution >= 0.6 is 11.3 Å². The summed E-state index contributed by atoms with van der Waals surface area (Å²) in [7, 11) is -3.55. The maximum Gasteiger partial charge on any atom is 0.252 e. The topological polar surface area (TPSA) is 83.6 Å². The zero-order valence-electron chi connectivity index (χ0n) is 10.2. The molecule has 0 aliphatic rings. The number of nitrogens with zero attached hydrogens (tertiary/aromatic N) is 1. The lowest BCUT2D eigenvalue weighted by Gasteiger charge is -2.26. The number of hydrogen-bond acceptors (Lipinski definition) is 5. The van der Waals surface area contributed by atoms with Crippen LogP contribution in [0.25, 0.3) is 0 Å². The van der Waals surface area contributed by atoms with Crippen LogP contribution in [0.5, 0.6) is 0 Å². The van der Waals surface area contributed by atoms with Crippen molar-refractivity contribution in [3.05, 3.63) is 11.4 Å². The van der Waals surface area contributed by atoms with Crippen LogP contribution in [0.3, 0.4) is 0 Å². The Bertz CT molecular complexity index is 474. The maximum absolute atomic E-state index is 12.2. The molecule has 0 aliphatic heterocycles. The second-order valence-electron chi connectivity index (χ2n) is 4.44. The first-order valence-electron chi connectivity index (χ1n) is 5.23. The first-order valence-corrected chi connectivity index (χ1v) is 7.55. The Hall–Kier alpha value is -0.630. The standard InChI is InChI=1S/C10H18N2O3S2/c1-4-12(7-10(2,3)13)17(14,15)9-5-8(11)6-16-9/h5-6,13H,4,7,11H2,1-3H3. The van der Waals surface area contributed by atoms with E-state index in [1.165, 1.54) is 10.4 Å². The molecule has 1 aromatic rings. The summed E-state index contributed by atoms with van der Waals surface area (Å²) in [6, 6.07) is 1.44. The summed E-state index contributed by atoms with van der Waals surface area (Å²) >= 11 is 1.09. The Kier molecular flexibility index (Phi) is 4.19. The molecule has 0 fully saturated rings. The number of thiophene rings is 1. The van der Waals surface area contributed by atoms with Crippen molar-refractivity contribution in [3.8, 4) is 0 Å². The van der Waals surface area contributed by atoms with Gasteiger partial charge in [0, 0.05) is 24.2 Å². The highest BCUT2D eigenvalue weighted by atomic mass is 32.2. The largest absolute Gasteiger partial charge is 0.398 e. The SMILES string of the molecule is CCN(CC(C)(C)O)S(=O)(=O)c1cc(N)cs1. The lowest BCUT2D eigenvalue weighted by Crippen LogP contribution is -2.41. The molecule has 0 saturated heterocycles. The summed E-state index contributed by atoms with van der Waals surface area (Å²) in [6.45, 7) is 5.26. The van der Waals surface area contributed by atoms with Crippen LogP contribution in [-0.2, 0) is 10.0 Å². The molecule has 0 aliphatic carbocycles. The fourth-order valence-electron chi connectivity index (χ4n) is 1.39. The van der Waals surface area contributed by atoms with Crippen molar-refractivity contribution in [3.63, 3.8) is 0 Å². The van der Waals surface area contributed by atoms with Gasteiger partial charge in [-0.3, -0.25) is 0 Å². The molecule has 5 nitrogen and oxygen atoms in total. The summed E-state index contributed by atoms with van der Waals surface area (Å²) in [5, 5.41) is 11.3. The smallest absolute Gasteiger partial charge is 0.252 e. The van der Waals surface area contributed by atoms with E-state index in [0.717, 1.165) is 11.3 Å². The predicted molar refractivity (Wildman–Crippen MR) is 69.5 cm³/mol. The normalized spacial score (nSPS) is 13.2. The van der Waals surface area contributed by atoms with Crippen molar-refractivity contribution in [2.75, 3.05) is 18.8 Å². The monoisotopic (exact) mass is 278 g/mol. The van der Waals surface area contributed by atoms with Crippen LogP contribution in [0.1, 0.15) is 20.8 Å². The van der Waals surface area contributed by atoms with Crippen molar-refractivity contribution in [1.82, 2.24) is 4.31 Å². The van der Waals surface area contributed by atoms with Gasteiger partial charge in [-0.25, -0.2) is 8.42 Å². The predicted octanol–water partition coefficient (Wildman–Crippen LogP) is 1.11. The van der Waals surface area contributed by atoms with E-state index in [-0.39, 0.29) is 10.8 Å². The molecule has 0 amide bonds. The third-order valence-corrected chi connectivity index (χ3v) is 5.46. The van der Waals surface area contributed by atoms with Crippen molar-refractivity contribution >= 4 is 27.0 Å². The van der Waals surface area contributed by atoms with Gasteiger partial charge in [-0.2, -0.15) is 4.31 Å². The highest BCUT2D eigenvalue weighted by Crippen LogP contribution is 2.25. The van der Waals surface area contributed by atoms with E-state index in [1.54, 1.807) is 26.2 Å². The third kappa shape index (κ3) is 3.67. The molecule has 1 heterocycles. The molecular formula is C10H18N2O3S2. The van der Waals surface area contributed by atoms with Crippen LogP contribution < -0.4 is 5.73 Å². The molecule has 0 aromatic carbocycles. The number of sulfonamides is 1. The minimum atomic E-state index is -3.55. The average molecular weight is 278 g/mol. The molecule has 98 valence electrons. The fourth-order valence-corrected chi connectivity index (χ4v) is 4.23. The lowest BCUT2D eigenvalue weighted by molar-refractivity contribution is 0.0602. The van der Waals surface area contributed by atoms with Crippen LogP contribution in [-0.4, -0.2) is 36.5 Å². The third-order valence-electron chi connectivity index (χ3n) is 2.11. The number of nitrogen functional groups attached to an aromatic ring is 1. The van der Waals surface area contributed by atoms with Gasteiger partial charge in [0.25, 0.3) is 10.0 Å². The van der Waals surface area contributed by atoms with Crippen LogP contribution in [0.15, 0.2) is 15.7 Å². The second-order valence-corrected chi connectivity index (χ2v) is 7.52. The van der Waals surface area contributed by atoms with E-state index >= 15 is 0 Å². The molecule has 17 heavy (non-hydrogen) atoms. The number of anilines is 1. The van der Waals surface area contributed by atoms with Crippen molar-refractivity contribution in [2.24, 2.45) is 0 Å². The summed E-state index contributed by atoms with van der Waals surface area (Å²) in [5.41, 5.74) is 4.90. The minimum absolute atomic E-state index is 0.0592. The average Bonchev–Trinajstić information content (AvgIpc) is 2.60. The number of likely N-dealkylation sites (N-methyl/N-ethyl adjacent to an activating group) is 1. The van der Waals surface area contributed by atoms with E-state index in [9.17, 15) is 13.5 Å². The van der Waals surface area contributed by atoms with Crippen molar-refractivity contribution < 1.29 is 13.5 Å². The molecule has 0 spiro atoms. The van der Waals surface area contributed by atoms with E-state index in [0.29, 0.717) is 12.2 Å². The van der Waals surface area contributed by atoms with Gasteiger partial charge >= 0.3 is 0 Å². The summed E-state index contributed by atoms with van der Waals surface area (Å²) in [5.74, 6) is 0. The Morgan fingerprint density at radius 3 is 2.47 bits per heavy atom. The van der Waals surface area contributed by atoms with Crippen molar-refractivity contribution in [2.45, 2.75) is 30.6 Å². The molecule has 0 radical (unpaired) electrons. The van der Waals surface area contributed by atoms with Crippen LogP contribution in [0, 0.1) is 0 Å². The summed E-state index contributed by atoms with van der Waals surface area (Å²) < 4.78 is 25.9. The summed E-state index contributed by atoms with van der Waals surface area (Å²) in [4.78, 5) is 0. The van der Waals surface area contributed by atoms with Gasteiger partial charge in [0.1, 0.15) is 4.21 Å². The van der Waals surface area contributed by atoms with Gasteiger partial charge in [-0.15, -0.1) is 11.3 Å².